The molecule has 0 radical (unpaired) electrons. The molecule has 0 fully saturated rings. The molecule has 1 heterocycles. The lowest BCUT2D eigenvalue weighted by molar-refractivity contribution is -0.384. The highest BCUT2D eigenvalue weighted by Crippen LogP contribution is 2.58. The fraction of sp³-hybridized carbons (Fsp3) is 0.375. The van der Waals surface area contributed by atoms with Crippen LogP contribution in [0, 0.1) is 10.1 Å². The van der Waals surface area contributed by atoms with Crippen LogP contribution >= 0.6 is 0 Å². The van der Waals surface area contributed by atoms with Gasteiger partial charge in [-0.05, 0) is 50.4 Å². The number of non-ortho nitro benzene ring substituents is 1. The second kappa shape index (κ2) is 8.00. The van der Waals surface area contributed by atoms with E-state index in [-0.39, 0.29) is 29.7 Å². The molecule has 1 aliphatic heterocycles. The minimum absolute atomic E-state index is 0.105. The maximum Gasteiger partial charge on any atom is 0.519 e. The van der Waals surface area contributed by atoms with E-state index in [1.807, 2.05) is 31.1 Å². The first-order valence-corrected chi connectivity index (χ1v) is 10.8. The van der Waals surface area contributed by atoms with E-state index in [0.29, 0.717) is 17.9 Å². The quantitative estimate of drug-likeness (QED) is 0.305. The van der Waals surface area contributed by atoms with E-state index < -0.39 is 28.7 Å². The maximum atomic E-state index is 12.5. The van der Waals surface area contributed by atoms with Crippen molar-refractivity contribution >= 4 is 11.8 Å². The van der Waals surface area contributed by atoms with E-state index in [0.717, 1.165) is 11.1 Å². The van der Waals surface area contributed by atoms with Gasteiger partial charge in [-0.3, -0.25) is 10.1 Å². The Morgan fingerprint density at radius 2 is 1.94 bits per heavy atom. The minimum atomic E-state index is -1.13. The summed E-state index contributed by atoms with van der Waals surface area (Å²) in [4.78, 5) is 24.8. The first-order chi connectivity index (χ1) is 16.2. The largest absolute Gasteiger partial charge is 0.519 e. The third-order valence-electron chi connectivity index (χ3n) is 6.84. The highest BCUT2D eigenvalue weighted by atomic mass is 16.7. The number of carbonyl (C=O) groups excluding carboxylic acids is 1. The van der Waals surface area contributed by atoms with E-state index in [1.165, 1.54) is 24.3 Å². The van der Waals surface area contributed by atoms with Gasteiger partial charge >= 0.3 is 6.16 Å². The van der Waals surface area contributed by atoms with Crippen LogP contribution in [0.3, 0.4) is 0 Å². The number of carbonyl (C=O) groups is 1. The first kappa shape index (κ1) is 22.2. The summed E-state index contributed by atoms with van der Waals surface area (Å²) in [7, 11) is 5.41. The summed E-state index contributed by atoms with van der Waals surface area (Å²) >= 11 is 0. The van der Waals surface area contributed by atoms with Gasteiger partial charge in [0.15, 0.2) is 17.6 Å². The molecule has 34 heavy (non-hydrogen) atoms. The van der Waals surface area contributed by atoms with Crippen LogP contribution in [0.2, 0.25) is 0 Å². The van der Waals surface area contributed by atoms with Gasteiger partial charge in [-0.15, -0.1) is 0 Å². The van der Waals surface area contributed by atoms with E-state index in [4.69, 9.17) is 18.9 Å². The average molecular weight is 468 g/mol. The topological polar surface area (TPSA) is 121 Å². The number of hydrogen-bond donors (Lipinski definition) is 1. The van der Waals surface area contributed by atoms with Crippen molar-refractivity contribution in [3.8, 4) is 17.2 Å². The van der Waals surface area contributed by atoms with Crippen molar-refractivity contribution in [3.05, 3.63) is 69.5 Å². The van der Waals surface area contributed by atoms with Gasteiger partial charge in [-0.25, -0.2) is 4.79 Å². The monoisotopic (exact) mass is 468 g/mol. The van der Waals surface area contributed by atoms with Crippen LogP contribution in [-0.2, 0) is 11.2 Å². The van der Waals surface area contributed by atoms with Gasteiger partial charge < -0.3 is 29.0 Å². The molecule has 0 saturated heterocycles. The second-order valence-electron chi connectivity index (χ2n) is 8.88. The number of methoxy groups -OCH3 is 1. The van der Waals surface area contributed by atoms with Crippen molar-refractivity contribution < 1.29 is 33.8 Å². The Morgan fingerprint density at radius 3 is 2.59 bits per heavy atom. The van der Waals surface area contributed by atoms with Crippen LogP contribution in [0.5, 0.6) is 17.2 Å². The zero-order valence-electron chi connectivity index (χ0n) is 18.9. The van der Waals surface area contributed by atoms with Crippen LogP contribution in [-0.4, -0.2) is 60.0 Å². The number of ether oxygens (including phenoxy) is 4. The predicted molar refractivity (Wildman–Crippen MR) is 119 cm³/mol. The Morgan fingerprint density at radius 1 is 1.21 bits per heavy atom. The fourth-order valence-electron chi connectivity index (χ4n) is 5.32. The van der Waals surface area contributed by atoms with Crippen LogP contribution < -0.4 is 14.2 Å². The Balaban J connectivity index is 1.44. The fourth-order valence-corrected chi connectivity index (χ4v) is 5.32. The molecule has 3 aliphatic rings. The number of benzene rings is 2. The third-order valence-corrected chi connectivity index (χ3v) is 6.84. The van der Waals surface area contributed by atoms with Crippen molar-refractivity contribution in [3.63, 3.8) is 0 Å². The molecule has 0 saturated carbocycles. The lowest BCUT2D eigenvalue weighted by atomic mass is 9.63. The molecule has 1 unspecified atom stereocenters. The molecule has 0 aromatic heterocycles. The number of nitro groups is 1. The maximum absolute atomic E-state index is 12.5. The highest BCUT2D eigenvalue weighted by Gasteiger charge is 2.60. The smallest absolute Gasteiger partial charge is 0.493 e. The summed E-state index contributed by atoms with van der Waals surface area (Å²) in [6, 6.07) is 8.76. The molecule has 10 heteroatoms. The molecule has 0 amide bonds. The number of hydrogen-bond acceptors (Lipinski definition) is 9. The molecule has 1 N–H and O–H groups in total. The van der Waals surface area contributed by atoms with E-state index in [2.05, 4.69) is 0 Å². The zero-order chi connectivity index (χ0) is 24.2. The molecular formula is C24H24N2O8. The lowest BCUT2D eigenvalue weighted by Crippen LogP contribution is -2.60. The molecule has 2 aromatic carbocycles. The number of likely N-dealkylation sites (N-methyl/N-ethyl adjacent to an activating group) is 1. The molecule has 0 spiro atoms. The van der Waals surface area contributed by atoms with Gasteiger partial charge in [0.25, 0.3) is 5.69 Å². The molecule has 2 aromatic rings. The third kappa shape index (κ3) is 3.37. The summed E-state index contributed by atoms with van der Waals surface area (Å²) in [5.74, 6) is 0.983. The van der Waals surface area contributed by atoms with Crippen molar-refractivity contribution in [1.82, 2.24) is 4.90 Å². The molecule has 10 nitrogen and oxygen atoms in total. The van der Waals surface area contributed by atoms with E-state index in [9.17, 15) is 20.0 Å². The summed E-state index contributed by atoms with van der Waals surface area (Å²) in [6.45, 7) is 0. The Bertz CT molecular complexity index is 1190. The van der Waals surface area contributed by atoms with Gasteiger partial charge in [0, 0.05) is 30.2 Å². The normalized spacial score (nSPS) is 26.3. The Hall–Kier alpha value is -3.63. The summed E-state index contributed by atoms with van der Waals surface area (Å²) in [6.07, 6.45) is 0.830. The van der Waals surface area contributed by atoms with Gasteiger partial charge in [0.05, 0.1) is 23.6 Å². The molecule has 2 aliphatic carbocycles. The Kier molecular flexibility index (Phi) is 5.22. The number of rotatable bonds is 5. The number of nitro benzene ring substituents is 1. The first-order valence-electron chi connectivity index (χ1n) is 10.8. The SMILES string of the molecule is COc1ccc2c3c1O[C@H]1C(OC(=O)Oc4ccc([N+](=O)[O-])cc4)=CC[C@](O)(C31)[C@H](N(C)C)C2. The highest BCUT2D eigenvalue weighted by molar-refractivity contribution is 5.67. The van der Waals surface area contributed by atoms with Crippen LogP contribution in [0.15, 0.2) is 48.2 Å². The molecule has 4 atom stereocenters. The molecule has 178 valence electrons. The Labute approximate surface area is 195 Å². The van der Waals surface area contributed by atoms with Gasteiger partial charge in [-0.2, -0.15) is 0 Å². The number of aliphatic hydroxyl groups is 1. The minimum Gasteiger partial charge on any atom is -0.493 e. The molecular weight excluding hydrogens is 444 g/mol. The van der Waals surface area contributed by atoms with Crippen LogP contribution in [0.25, 0.3) is 0 Å². The van der Waals surface area contributed by atoms with Gasteiger partial charge in [0.1, 0.15) is 11.5 Å². The summed E-state index contributed by atoms with van der Waals surface area (Å²) in [5.41, 5.74) is 0.683. The van der Waals surface area contributed by atoms with Crippen molar-refractivity contribution in [1.29, 1.82) is 0 Å². The van der Waals surface area contributed by atoms with E-state index >= 15 is 0 Å². The molecule has 0 bridgehead atoms. The molecule has 5 rings (SSSR count). The standard InChI is InChI=1S/C24H24N2O8/c1-25(2)18-12-13-4-9-16(31-3)21-19(13)20-22(34-21)17(10-11-24(18,20)28)33-23(27)32-15-7-5-14(6-8-15)26(29)30/h4-10,18,20,22,28H,11-12H2,1-3H3/t18-,20?,22+,24-/m1/s1. The van der Waals surface area contributed by atoms with Crippen molar-refractivity contribution in [2.24, 2.45) is 0 Å². The van der Waals surface area contributed by atoms with Crippen molar-refractivity contribution in [2.75, 3.05) is 21.2 Å². The summed E-state index contributed by atoms with van der Waals surface area (Å²) < 4.78 is 22.4. The average Bonchev–Trinajstić information content (AvgIpc) is 3.22. The van der Waals surface area contributed by atoms with Gasteiger partial charge in [0.2, 0.25) is 0 Å². The number of nitrogens with zero attached hydrogens (tertiary/aromatic N) is 2. The zero-order valence-corrected chi connectivity index (χ0v) is 18.9. The predicted octanol–water partition coefficient (Wildman–Crippen LogP) is 3.17. The van der Waals surface area contributed by atoms with Gasteiger partial charge in [-0.1, -0.05) is 6.07 Å². The lowest BCUT2D eigenvalue weighted by Gasteiger charge is -2.50. The summed E-state index contributed by atoms with van der Waals surface area (Å²) in [5, 5.41) is 22.7. The van der Waals surface area contributed by atoms with E-state index in [1.54, 1.807) is 13.2 Å². The van der Waals surface area contributed by atoms with Crippen LogP contribution in [0.1, 0.15) is 23.5 Å². The second-order valence-corrected chi connectivity index (χ2v) is 8.88. The van der Waals surface area contributed by atoms with Crippen molar-refractivity contribution in [2.45, 2.75) is 36.5 Å². The van der Waals surface area contributed by atoms with Crippen LogP contribution in [0.4, 0.5) is 10.5 Å².